The van der Waals surface area contributed by atoms with E-state index in [1.165, 1.54) is 30.0 Å². The summed E-state index contributed by atoms with van der Waals surface area (Å²) in [4.78, 5) is 34.3. The van der Waals surface area contributed by atoms with Gasteiger partial charge >= 0.3 is 0 Å². The first kappa shape index (κ1) is 17.8. The summed E-state index contributed by atoms with van der Waals surface area (Å²) in [5.41, 5.74) is 4.88. The van der Waals surface area contributed by atoms with E-state index in [2.05, 4.69) is 10.9 Å². The van der Waals surface area contributed by atoms with Crippen LogP contribution in [-0.4, -0.2) is 22.5 Å². The zero-order chi connectivity index (χ0) is 17.5. The molecular weight excluding hydrogens is 354 g/mol. The monoisotopic (exact) mass is 365 g/mol. The lowest BCUT2D eigenvalue weighted by Crippen LogP contribution is -2.42. The number of rotatable bonds is 5. The van der Waals surface area contributed by atoms with Gasteiger partial charge in [-0.3, -0.25) is 30.6 Å². The van der Waals surface area contributed by atoms with E-state index in [4.69, 9.17) is 11.6 Å². The fourth-order valence-electron chi connectivity index (χ4n) is 1.68. The maximum Gasteiger partial charge on any atom is 0.269 e. The Labute approximate surface area is 146 Å². The molecule has 9 heteroatoms. The first-order chi connectivity index (χ1) is 11.5. The van der Waals surface area contributed by atoms with Gasteiger partial charge < -0.3 is 0 Å². The van der Waals surface area contributed by atoms with E-state index in [1.807, 2.05) is 0 Å². The Hall–Kier alpha value is -2.58. The molecule has 0 atom stereocenters. The highest BCUT2D eigenvalue weighted by atomic mass is 35.5. The second-order valence-electron chi connectivity index (χ2n) is 4.55. The molecule has 0 radical (unpaired) electrons. The van der Waals surface area contributed by atoms with Gasteiger partial charge in [0.05, 0.1) is 10.7 Å². The Balaban J connectivity index is 1.79. The second-order valence-corrected chi connectivity index (χ2v) is 6.04. The minimum absolute atomic E-state index is 0.0161. The Kier molecular flexibility index (Phi) is 6.16. The molecule has 124 valence electrons. The van der Waals surface area contributed by atoms with Crippen molar-refractivity contribution >= 4 is 40.9 Å². The van der Waals surface area contributed by atoms with Gasteiger partial charge in [-0.05, 0) is 30.3 Å². The molecule has 0 heterocycles. The molecule has 0 bridgehead atoms. The van der Waals surface area contributed by atoms with Crippen LogP contribution in [-0.2, 0) is 4.79 Å². The molecule has 0 aromatic heterocycles. The largest absolute Gasteiger partial charge is 0.272 e. The lowest BCUT2D eigenvalue weighted by atomic mass is 10.2. The number of nitro groups is 1. The van der Waals surface area contributed by atoms with Crippen LogP contribution in [0.2, 0.25) is 5.02 Å². The fraction of sp³-hybridized carbons (Fsp3) is 0.0667. The van der Waals surface area contributed by atoms with Crippen LogP contribution in [0.1, 0.15) is 10.4 Å². The molecular formula is C15H12ClN3O4S. The van der Waals surface area contributed by atoms with Crippen LogP contribution in [0.15, 0.2) is 53.4 Å². The van der Waals surface area contributed by atoms with Crippen molar-refractivity contribution in [2.75, 3.05) is 5.75 Å². The molecule has 7 nitrogen and oxygen atoms in total. The van der Waals surface area contributed by atoms with Crippen LogP contribution < -0.4 is 10.9 Å². The number of non-ortho nitro benzene ring substituents is 1. The molecule has 0 saturated heterocycles. The number of benzene rings is 2. The molecule has 2 rings (SSSR count). The van der Waals surface area contributed by atoms with Gasteiger partial charge in [0, 0.05) is 27.6 Å². The van der Waals surface area contributed by atoms with Crippen molar-refractivity contribution < 1.29 is 14.5 Å². The summed E-state index contributed by atoms with van der Waals surface area (Å²) in [6.45, 7) is 0. The topological polar surface area (TPSA) is 101 Å². The maximum absolute atomic E-state index is 11.8. The van der Waals surface area contributed by atoms with Crippen molar-refractivity contribution in [3.8, 4) is 0 Å². The van der Waals surface area contributed by atoms with Crippen molar-refractivity contribution in [1.82, 2.24) is 10.9 Å². The molecule has 0 aliphatic carbocycles. The van der Waals surface area contributed by atoms with Crippen molar-refractivity contribution in [2.24, 2.45) is 0 Å². The lowest BCUT2D eigenvalue weighted by Gasteiger charge is -2.07. The predicted molar refractivity (Wildman–Crippen MR) is 90.9 cm³/mol. The number of thioether (sulfide) groups is 1. The van der Waals surface area contributed by atoms with Gasteiger partial charge in [-0.15, -0.1) is 11.8 Å². The molecule has 2 amide bonds. The number of nitro benzene ring substituents is 1. The van der Waals surface area contributed by atoms with Crippen LogP contribution >= 0.6 is 23.4 Å². The Bertz CT molecular complexity index is 768. The summed E-state index contributed by atoms with van der Waals surface area (Å²) in [5.74, 6) is -0.840. The minimum Gasteiger partial charge on any atom is -0.272 e. The maximum atomic E-state index is 11.8. The first-order valence-electron chi connectivity index (χ1n) is 6.68. The number of halogens is 1. The first-order valence-corrected chi connectivity index (χ1v) is 8.04. The summed E-state index contributed by atoms with van der Waals surface area (Å²) in [6.07, 6.45) is 0. The number of nitrogens with one attached hydrogen (secondary N) is 2. The quantitative estimate of drug-likeness (QED) is 0.482. The molecule has 0 spiro atoms. The SMILES string of the molecule is O=C(CSc1ccc([N+](=O)[O-])cc1)NNC(=O)c1cccc(Cl)c1. The molecule has 0 saturated carbocycles. The van der Waals surface area contributed by atoms with Crippen molar-refractivity contribution in [3.05, 3.63) is 69.2 Å². The van der Waals surface area contributed by atoms with Gasteiger partial charge in [0.15, 0.2) is 0 Å². The average molecular weight is 366 g/mol. The zero-order valence-corrected chi connectivity index (χ0v) is 13.8. The summed E-state index contributed by atoms with van der Waals surface area (Å²) >= 11 is 6.98. The van der Waals surface area contributed by atoms with Gasteiger partial charge in [0.25, 0.3) is 11.6 Å². The molecule has 2 aromatic rings. The van der Waals surface area contributed by atoms with E-state index in [0.29, 0.717) is 15.5 Å². The number of nitrogens with zero attached hydrogens (tertiary/aromatic N) is 1. The van der Waals surface area contributed by atoms with Crippen molar-refractivity contribution in [1.29, 1.82) is 0 Å². The van der Waals surface area contributed by atoms with Crippen LogP contribution in [0, 0.1) is 10.1 Å². The van der Waals surface area contributed by atoms with Gasteiger partial charge in [-0.2, -0.15) is 0 Å². The van der Waals surface area contributed by atoms with Gasteiger partial charge in [-0.1, -0.05) is 17.7 Å². The highest BCUT2D eigenvalue weighted by Gasteiger charge is 2.09. The Morgan fingerprint density at radius 1 is 1.12 bits per heavy atom. The third-order valence-electron chi connectivity index (χ3n) is 2.82. The van der Waals surface area contributed by atoms with E-state index >= 15 is 0 Å². The molecule has 0 unspecified atom stereocenters. The summed E-state index contributed by atoms with van der Waals surface area (Å²) in [7, 11) is 0. The highest BCUT2D eigenvalue weighted by molar-refractivity contribution is 8.00. The second kappa shape index (κ2) is 8.32. The smallest absolute Gasteiger partial charge is 0.269 e. The molecule has 2 N–H and O–H groups in total. The van der Waals surface area contributed by atoms with Crippen LogP contribution in [0.3, 0.4) is 0 Å². The number of carbonyl (C=O) groups is 2. The average Bonchev–Trinajstić information content (AvgIpc) is 2.58. The molecule has 0 aliphatic heterocycles. The lowest BCUT2D eigenvalue weighted by molar-refractivity contribution is -0.384. The van der Waals surface area contributed by atoms with Crippen LogP contribution in [0.25, 0.3) is 0 Å². The Morgan fingerprint density at radius 2 is 1.83 bits per heavy atom. The van der Waals surface area contributed by atoms with E-state index in [-0.39, 0.29) is 11.4 Å². The third-order valence-corrected chi connectivity index (χ3v) is 4.07. The number of carbonyl (C=O) groups excluding carboxylic acids is 2. The van der Waals surface area contributed by atoms with Crippen LogP contribution in [0.4, 0.5) is 5.69 Å². The molecule has 0 fully saturated rings. The van der Waals surface area contributed by atoms with Crippen LogP contribution in [0.5, 0.6) is 0 Å². The number of hydrogen-bond acceptors (Lipinski definition) is 5. The van der Waals surface area contributed by atoms with E-state index < -0.39 is 16.7 Å². The summed E-state index contributed by atoms with van der Waals surface area (Å²) < 4.78 is 0. The minimum atomic E-state index is -0.494. The summed E-state index contributed by atoms with van der Waals surface area (Å²) in [5, 5.41) is 11.0. The van der Waals surface area contributed by atoms with E-state index in [9.17, 15) is 19.7 Å². The zero-order valence-electron chi connectivity index (χ0n) is 12.2. The number of amides is 2. The standard InChI is InChI=1S/C15H12ClN3O4S/c16-11-3-1-2-10(8-11)15(21)18-17-14(20)9-24-13-6-4-12(5-7-13)19(22)23/h1-8H,9H2,(H,17,20)(H,18,21). The summed E-state index contributed by atoms with van der Waals surface area (Å²) in [6, 6.07) is 12.2. The number of hydrogen-bond donors (Lipinski definition) is 2. The van der Waals surface area contributed by atoms with Gasteiger partial charge in [0.2, 0.25) is 5.91 Å². The predicted octanol–water partition coefficient (Wildman–Crippen LogP) is 2.80. The van der Waals surface area contributed by atoms with Gasteiger partial charge in [-0.25, -0.2) is 0 Å². The fourth-order valence-corrected chi connectivity index (χ4v) is 2.57. The third kappa shape index (κ3) is 5.25. The van der Waals surface area contributed by atoms with Crippen molar-refractivity contribution in [3.63, 3.8) is 0 Å². The van der Waals surface area contributed by atoms with E-state index in [1.54, 1.807) is 30.3 Å². The molecule has 2 aromatic carbocycles. The normalized spacial score (nSPS) is 10.0. The highest BCUT2D eigenvalue weighted by Crippen LogP contribution is 2.20. The molecule has 24 heavy (non-hydrogen) atoms. The number of hydrazine groups is 1. The molecule has 0 aliphatic rings. The van der Waals surface area contributed by atoms with Gasteiger partial charge in [0.1, 0.15) is 0 Å². The van der Waals surface area contributed by atoms with Crippen molar-refractivity contribution in [2.45, 2.75) is 4.90 Å². The van der Waals surface area contributed by atoms with E-state index in [0.717, 1.165) is 0 Å². The Morgan fingerprint density at radius 3 is 2.46 bits per heavy atom.